The number of phenols is 1. The van der Waals surface area contributed by atoms with Gasteiger partial charge in [-0.3, -0.25) is 43.2 Å². The van der Waals surface area contributed by atoms with E-state index in [0.717, 1.165) is 45.7 Å². The van der Waals surface area contributed by atoms with Crippen molar-refractivity contribution in [2.45, 2.75) is 144 Å². The molecular weight excluding hydrogens is 1090 g/mol. The van der Waals surface area contributed by atoms with Crippen LogP contribution in [0.15, 0.2) is 46.7 Å². The van der Waals surface area contributed by atoms with Gasteiger partial charge in [0, 0.05) is 95.8 Å². The number of hydrogen-bond donors (Lipinski definition) is 6. The van der Waals surface area contributed by atoms with Crippen LogP contribution in [0.3, 0.4) is 0 Å². The van der Waals surface area contributed by atoms with Crippen LogP contribution in [0, 0.1) is 30.6 Å². The number of methoxy groups -OCH3 is 1. The van der Waals surface area contributed by atoms with Gasteiger partial charge in [0.05, 0.1) is 46.2 Å². The van der Waals surface area contributed by atoms with E-state index in [1.54, 1.807) is 33.8 Å². The predicted octanol–water partition coefficient (Wildman–Crippen LogP) is 3.24. The Morgan fingerprint density at radius 2 is 1.38 bits per heavy atom. The van der Waals surface area contributed by atoms with Crippen molar-refractivity contribution in [3.63, 3.8) is 0 Å². The van der Waals surface area contributed by atoms with Gasteiger partial charge in [0.15, 0.2) is 29.7 Å². The number of thiocarbonyl (C=S) groups is 1. The molecule has 1 fully saturated rings. The van der Waals surface area contributed by atoms with Crippen molar-refractivity contribution in [1.29, 1.82) is 0 Å². The first-order valence-electron chi connectivity index (χ1n) is 25.5. The summed E-state index contributed by atoms with van der Waals surface area (Å²) < 4.78 is 51.2. The van der Waals surface area contributed by atoms with E-state index in [-0.39, 0.29) is 39.2 Å². The number of nitrogens with one attached hydrogen (secondary N) is 3. The summed E-state index contributed by atoms with van der Waals surface area (Å²) in [5.74, 6) is -13.8. The topological polar surface area (TPSA) is 333 Å². The highest BCUT2D eigenvalue weighted by molar-refractivity contribution is 8.04. The van der Waals surface area contributed by atoms with Gasteiger partial charge >= 0.3 is 35.6 Å². The first kappa shape index (κ1) is 64.1. The Morgan fingerprint density at radius 1 is 0.775 bits per heavy atom. The van der Waals surface area contributed by atoms with Gasteiger partial charge in [-0.1, -0.05) is 45.9 Å². The fraction of sp³-hybridized carbons (Fsp3) is 0.556. The average Bonchev–Trinajstić information content (AvgIpc) is 3.64. The zero-order valence-corrected chi connectivity index (χ0v) is 48.2. The summed E-state index contributed by atoms with van der Waals surface area (Å²) in [6, 6.07) is 0. The lowest BCUT2D eigenvalue weighted by Crippen LogP contribution is -2.66. The van der Waals surface area contributed by atoms with Crippen LogP contribution in [0.4, 0.5) is 0 Å². The highest BCUT2D eigenvalue weighted by atomic mass is 32.2. The second-order valence-corrected chi connectivity index (χ2v) is 21.4. The van der Waals surface area contributed by atoms with Gasteiger partial charge in [0.1, 0.15) is 36.0 Å². The second-order valence-electron chi connectivity index (χ2n) is 19.9. The summed E-state index contributed by atoms with van der Waals surface area (Å²) in [5.41, 5.74) is -2.15. The van der Waals surface area contributed by atoms with Gasteiger partial charge in [-0.15, -0.1) is 11.8 Å². The van der Waals surface area contributed by atoms with Gasteiger partial charge in [-0.25, -0.2) is 0 Å². The highest BCUT2D eigenvalue weighted by Crippen LogP contribution is 2.49. The van der Waals surface area contributed by atoms with Crippen molar-refractivity contribution in [1.82, 2.24) is 16.0 Å². The molecule has 0 saturated carbocycles. The average molecular weight is 1160 g/mol. The fourth-order valence-electron chi connectivity index (χ4n) is 9.64. The lowest BCUT2D eigenvalue weighted by atomic mass is 9.78. The Kier molecular flexibility index (Phi) is 21.8. The second kappa shape index (κ2) is 27.2. The molecule has 0 radical (unpaired) electrons. The molecule has 1 unspecified atom stereocenters. The number of carbonyl (C=O) groups excluding carboxylic acids is 9. The van der Waals surface area contributed by atoms with E-state index in [9.17, 15) is 53.7 Å². The van der Waals surface area contributed by atoms with Crippen LogP contribution in [0.25, 0.3) is 0 Å². The number of benzene rings is 1. The summed E-state index contributed by atoms with van der Waals surface area (Å²) in [4.78, 5) is 119. The van der Waals surface area contributed by atoms with E-state index in [1.165, 1.54) is 53.0 Å². The van der Waals surface area contributed by atoms with Crippen molar-refractivity contribution in [3.8, 4) is 11.5 Å². The molecule has 438 valence electrons. The number of carbonyl (C=O) groups is 9. The van der Waals surface area contributed by atoms with Crippen LogP contribution in [-0.4, -0.2) is 160 Å². The Labute approximate surface area is 471 Å². The van der Waals surface area contributed by atoms with Crippen LogP contribution < -0.4 is 20.7 Å². The first-order valence-corrected chi connectivity index (χ1v) is 26.9. The molecule has 1 aromatic rings. The molecule has 1 amide bonds. The zero-order valence-electron chi connectivity index (χ0n) is 46.5. The third-order valence-corrected chi connectivity index (χ3v) is 15.2. The molecule has 24 nitrogen and oxygen atoms in total. The summed E-state index contributed by atoms with van der Waals surface area (Å²) in [7, 11) is 1.38. The molecular formula is C54H69N3O21S2. The van der Waals surface area contributed by atoms with Crippen molar-refractivity contribution < 1.29 is 101 Å². The lowest BCUT2D eigenvalue weighted by Gasteiger charge is -2.44. The molecule has 5 aliphatic rings. The van der Waals surface area contributed by atoms with Crippen molar-refractivity contribution in [3.05, 3.63) is 69.0 Å². The molecule has 26 heteroatoms. The maximum Gasteiger partial charge on any atom is 0.312 e. The molecule has 5 bridgehead atoms. The number of allylic oxidation sites excluding steroid dienone is 4. The summed E-state index contributed by atoms with van der Waals surface area (Å²) >= 11 is 6.32. The molecule has 1 saturated heterocycles. The van der Waals surface area contributed by atoms with Crippen molar-refractivity contribution in [2.75, 3.05) is 26.0 Å². The maximum atomic E-state index is 15.0. The Bertz CT molecular complexity index is 2780. The maximum absolute atomic E-state index is 15.0. The van der Waals surface area contributed by atoms with Crippen LogP contribution in [0.5, 0.6) is 11.5 Å². The Balaban J connectivity index is 1.53. The van der Waals surface area contributed by atoms with E-state index in [4.69, 9.17) is 54.8 Å². The minimum absolute atomic E-state index is 0.0205. The fourth-order valence-corrected chi connectivity index (χ4v) is 10.8. The lowest BCUT2D eigenvalue weighted by molar-refractivity contribution is -0.254. The molecule has 6 rings (SSSR count). The Hall–Kier alpha value is -6.71. The molecule has 1 aromatic carbocycles. The number of rotatable bonds is 12. The number of aromatic hydroxyl groups is 1. The number of aliphatic hydroxyl groups excluding tert-OH is 2. The third kappa shape index (κ3) is 14.6. The number of Topliss-reactive ketones (excluding diaryl/α,β-unsaturated/α-hetero) is 3. The number of thioether (sulfide) groups is 1. The molecule has 80 heavy (non-hydrogen) atoms. The predicted molar refractivity (Wildman–Crippen MR) is 286 cm³/mol. The van der Waals surface area contributed by atoms with Crippen LogP contribution in [0.1, 0.15) is 113 Å². The van der Waals surface area contributed by atoms with Crippen molar-refractivity contribution >= 4 is 82.2 Å². The largest absolute Gasteiger partial charge is 0.507 e. The molecule has 1 aliphatic carbocycles. The van der Waals surface area contributed by atoms with Gasteiger partial charge in [-0.2, -0.15) is 0 Å². The van der Waals surface area contributed by atoms with Gasteiger partial charge in [-0.05, 0) is 32.1 Å². The molecule has 0 spiro atoms. The minimum Gasteiger partial charge on any atom is -0.507 e. The smallest absolute Gasteiger partial charge is 0.312 e. The summed E-state index contributed by atoms with van der Waals surface area (Å²) in [5, 5.41) is 42.8. The number of ketones is 3. The number of esters is 5. The molecule has 6 N–H and O–H groups in total. The van der Waals surface area contributed by atoms with Crippen LogP contribution in [0.2, 0.25) is 0 Å². The van der Waals surface area contributed by atoms with Crippen molar-refractivity contribution in [2.24, 2.45) is 23.7 Å². The van der Waals surface area contributed by atoms with Gasteiger partial charge < -0.3 is 73.9 Å². The molecule has 4 aliphatic heterocycles. The van der Waals surface area contributed by atoms with Gasteiger partial charge in [0.2, 0.25) is 11.6 Å². The van der Waals surface area contributed by atoms with Crippen LogP contribution >= 0.6 is 24.0 Å². The molecule has 14 atom stereocenters. The Morgan fingerprint density at radius 3 is 1.98 bits per heavy atom. The van der Waals surface area contributed by atoms with E-state index in [0.29, 0.717) is 0 Å². The zero-order chi connectivity index (χ0) is 59.8. The van der Waals surface area contributed by atoms with Gasteiger partial charge in [0.25, 0.3) is 11.7 Å². The molecule has 4 heterocycles. The van der Waals surface area contributed by atoms with Crippen LogP contribution in [-0.2, 0) is 66.7 Å². The van der Waals surface area contributed by atoms with E-state index < -0.39 is 172 Å². The van der Waals surface area contributed by atoms with E-state index in [2.05, 4.69) is 16.0 Å². The number of ether oxygens (including phenoxy) is 9. The number of fused-ring (bicyclic) bond motifs is 14. The highest BCUT2D eigenvalue weighted by Gasteiger charge is 2.54. The SMILES string of the molecule is CO[C@H]1/C=C/O[C@@]2(C)Oc3c(C)c(O)c4c(c3C2=O)C(=O)C(SCCNC(=S)NC2O[C@H](COC(C)=O)[C@@H](OC(C)=O)[C@H](OC(C)=O)[C@H]2OC(C)=O)=C(NC(=O)/C(C)=C\C=C\[C@@H](C)[C@H](O)[C@@H](C)[C@H](O)[C@@H](C)[C@H](OC(C)=O)[C@H]1C)C4=O. The van der Waals surface area contributed by atoms with E-state index in [1.807, 2.05) is 0 Å². The monoisotopic (exact) mass is 1160 g/mol. The number of amides is 1. The summed E-state index contributed by atoms with van der Waals surface area (Å²) in [6.45, 7) is 15.6. The quantitative estimate of drug-likeness (QED) is 0.0757. The summed E-state index contributed by atoms with van der Waals surface area (Å²) in [6.07, 6.45) is -4.44. The third-order valence-electron chi connectivity index (χ3n) is 13.8. The molecule has 0 aromatic heterocycles. The first-order chi connectivity index (χ1) is 37.4. The number of hydrogen-bond acceptors (Lipinski definition) is 23. The van der Waals surface area contributed by atoms with E-state index >= 15 is 4.79 Å². The number of phenolic OH excluding ortho intramolecular Hbond substituents is 1. The number of aliphatic hydroxyl groups is 2. The normalized spacial score (nSPS) is 31.4. The standard InChI is InChI=1S/C54H69N3O21S2/c1-22-15-14-16-23(2)51(69)56-38-42(66)36-35(37-45(27(6)41(36)65)78-54(12,50(37)68)72-19-17-33(70-13)24(3)44(73-29(8)59)26(5)40(64)25(4)39(22)63)43(67)49(38)80-20-18-55-53(79)57-52-48(76-32(11)62)47(75-31(10)61)46(74-30(9)60)34(77-52)21-71-28(7)58/h14-17,19,22,24-26,33-34,39-40,44,46-48,52,63-65H,18,20-21H2,1-13H3,(H,56,69)(H2,55,57,79)/b15-14+,19-17+,23-16-/t22-,24+,25-,26-,33+,34-,39+,40+,44-,46-,47+,48-,52?,54+/m1/s1. The minimum atomic E-state index is -2.21.